The highest BCUT2D eigenvalue weighted by molar-refractivity contribution is 6.10. The summed E-state index contributed by atoms with van der Waals surface area (Å²) in [5, 5.41) is 22.8. The molecule has 0 saturated heterocycles. The SMILES string of the molecule is C/C(=C\Cc1c(C)n(-c2cccc(-n3c4ccc(C#N)cc4c4cc(C(C)(C)C)ccc43)c2)c2ccc(C#N)cc12)C(C)(C)C. The second-order valence-electron chi connectivity index (χ2n) is 14.3. The Morgan fingerprint density at radius 2 is 1.22 bits per heavy atom. The molecule has 0 atom stereocenters. The zero-order chi connectivity index (χ0) is 32.3. The van der Waals surface area contributed by atoms with Gasteiger partial charge in [0.1, 0.15) is 0 Å². The molecule has 224 valence electrons. The maximum absolute atomic E-state index is 9.73. The fourth-order valence-electron chi connectivity index (χ4n) is 6.31. The van der Waals surface area contributed by atoms with Crippen LogP contribution in [0.5, 0.6) is 0 Å². The molecule has 4 nitrogen and oxygen atoms in total. The van der Waals surface area contributed by atoms with Crippen molar-refractivity contribution in [2.45, 2.75) is 67.2 Å². The molecule has 0 radical (unpaired) electrons. The minimum absolute atomic E-state index is 0.00605. The Labute approximate surface area is 266 Å². The average Bonchev–Trinajstić information content (AvgIpc) is 3.48. The van der Waals surface area contributed by atoms with Gasteiger partial charge in [0, 0.05) is 33.2 Å². The number of nitriles is 2. The van der Waals surface area contributed by atoms with Gasteiger partial charge in [-0.3, -0.25) is 0 Å². The highest BCUT2D eigenvalue weighted by Gasteiger charge is 2.21. The summed E-state index contributed by atoms with van der Waals surface area (Å²) in [6.45, 7) is 17.8. The Balaban J connectivity index is 1.58. The van der Waals surface area contributed by atoms with Crippen LogP contribution in [0.1, 0.15) is 76.4 Å². The van der Waals surface area contributed by atoms with Crippen molar-refractivity contribution in [2.24, 2.45) is 5.41 Å². The summed E-state index contributed by atoms with van der Waals surface area (Å²) in [6.07, 6.45) is 3.14. The molecule has 0 aliphatic heterocycles. The third kappa shape index (κ3) is 5.22. The van der Waals surface area contributed by atoms with E-state index in [1.807, 2.05) is 24.3 Å². The van der Waals surface area contributed by atoms with Crippen LogP contribution in [0.2, 0.25) is 0 Å². The first-order chi connectivity index (χ1) is 21.3. The van der Waals surface area contributed by atoms with E-state index >= 15 is 0 Å². The highest BCUT2D eigenvalue weighted by Crippen LogP contribution is 2.37. The number of hydrogen-bond donors (Lipinski definition) is 0. The number of benzene rings is 4. The van der Waals surface area contributed by atoms with E-state index in [1.165, 1.54) is 22.4 Å². The van der Waals surface area contributed by atoms with Crippen LogP contribution in [0.3, 0.4) is 0 Å². The number of rotatable bonds is 4. The first kappa shape index (κ1) is 30.0. The molecule has 2 heterocycles. The Morgan fingerprint density at radius 1 is 0.689 bits per heavy atom. The van der Waals surface area contributed by atoms with Crippen molar-refractivity contribution in [2.75, 3.05) is 0 Å². The zero-order valence-electron chi connectivity index (χ0n) is 27.6. The predicted octanol–water partition coefficient (Wildman–Crippen LogP) is 10.6. The van der Waals surface area contributed by atoms with Crippen LogP contribution in [-0.4, -0.2) is 9.13 Å². The van der Waals surface area contributed by atoms with E-state index in [2.05, 4.69) is 137 Å². The van der Waals surface area contributed by atoms with E-state index in [0.29, 0.717) is 11.1 Å². The van der Waals surface area contributed by atoms with Crippen molar-refractivity contribution in [1.29, 1.82) is 10.5 Å². The van der Waals surface area contributed by atoms with Crippen LogP contribution < -0.4 is 0 Å². The number of aromatic nitrogens is 2. The first-order valence-electron chi connectivity index (χ1n) is 15.6. The van der Waals surface area contributed by atoms with Gasteiger partial charge in [-0.15, -0.1) is 0 Å². The molecule has 0 fully saturated rings. The van der Waals surface area contributed by atoms with Gasteiger partial charge < -0.3 is 9.13 Å². The van der Waals surface area contributed by atoms with Crippen LogP contribution in [0.25, 0.3) is 44.1 Å². The zero-order valence-corrected chi connectivity index (χ0v) is 27.6. The summed E-state index contributed by atoms with van der Waals surface area (Å²) in [5.41, 5.74) is 11.9. The number of nitrogens with zero attached hydrogens (tertiary/aromatic N) is 4. The minimum Gasteiger partial charge on any atom is -0.314 e. The predicted molar refractivity (Wildman–Crippen MR) is 187 cm³/mol. The van der Waals surface area contributed by atoms with Gasteiger partial charge in [-0.2, -0.15) is 10.5 Å². The quantitative estimate of drug-likeness (QED) is 0.192. The highest BCUT2D eigenvalue weighted by atomic mass is 15.0. The second-order valence-corrected chi connectivity index (χ2v) is 14.3. The molecule has 2 aromatic heterocycles. The monoisotopic (exact) mass is 588 g/mol. The minimum atomic E-state index is 0.00605. The fourth-order valence-corrected chi connectivity index (χ4v) is 6.31. The van der Waals surface area contributed by atoms with Crippen molar-refractivity contribution in [3.8, 4) is 23.5 Å². The van der Waals surface area contributed by atoms with E-state index in [9.17, 15) is 10.5 Å². The molecule has 0 saturated carbocycles. The summed E-state index contributed by atoms with van der Waals surface area (Å²) in [4.78, 5) is 0. The van der Waals surface area contributed by atoms with Crippen molar-refractivity contribution < 1.29 is 0 Å². The molecule has 0 spiro atoms. The van der Waals surface area contributed by atoms with Gasteiger partial charge in [-0.05, 0) is 109 Å². The molecule has 6 aromatic rings. The largest absolute Gasteiger partial charge is 0.314 e. The Bertz CT molecular complexity index is 2240. The molecule has 0 unspecified atom stereocenters. The third-order valence-corrected chi connectivity index (χ3v) is 9.37. The van der Waals surface area contributed by atoms with Crippen molar-refractivity contribution >= 4 is 32.7 Å². The Kier molecular flexibility index (Phi) is 7.22. The molecular weight excluding hydrogens is 548 g/mol. The summed E-state index contributed by atoms with van der Waals surface area (Å²) >= 11 is 0. The Hall–Kier alpha value is -5.06. The van der Waals surface area contributed by atoms with E-state index < -0.39 is 0 Å². The van der Waals surface area contributed by atoms with Gasteiger partial charge in [0.2, 0.25) is 0 Å². The first-order valence-corrected chi connectivity index (χ1v) is 15.6. The van der Waals surface area contributed by atoms with Crippen LogP contribution in [0, 0.1) is 35.0 Å². The number of hydrogen-bond acceptors (Lipinski definition) is 2. The summed E-state index contributed by atoms with van der Waals surface area (Å²) in [6, 6.07) is 32.1. The molecule has 4 aromatic carbocycles. The van der Waals surface area contributed by atoms with E-state index in [1.54, 1.807) is 0 Å². The lowest BCUT2D eigenvalue weighted by molar-refractivity contribution is 0.502. The third-order valence-electron chi connectivity index (χ3n) is 9.37. The lowest BCUT2D eigenvalue weighted by atomic mass is 9.86. The van der Waals surface area contributed by atoms with Crippen molar-refractivity contribution in [1.82, 2.24) is 9.13 Å². The molecular formula is C41H40N4. The molecule has 0 aliphatic rings. The Morgan fingerprint density at radius 3 is 1.80 bits per heavy atom. The molecule has 45 heavy (non-hydrogen) atoms. The fraction of sp³-hybridized carbons (Fsp3) is 0.268. The van der Waals surface area contributed by atoms with Gasteiger partial charge in [0.15, 0.2) is 0 Å². The van der Waals surface area contributed by atoms with Crippen LogP contribution >= 0.6 is 0 Å². The smallest absolute Gasteiger partial charge is 0.0991 e. The van der Waals surface area contributed by atoms with E-state index in [4.69, 9.17) is 0 Å². The van der Waals surface area contributed by atoms with E-state index in [-0.39, 0.29) is 10.8 Å². The molecule has 4 heteroatoms. The summed E-state index contributed by atoms with van der Waals surface area (Å²) < 4.78 is 4.64. The van der Waals surface area contributed by atoms with Crippen LogP contribution in [-0.2, 0) is 11.8 Å². The van der Waals surface area contributed by atoms with Gasteiger partial charge in [-0.25, -0.2) is 0 Å². The molecule has 0 aliphatic carbocycles. The summed E-state index contributed by atoms with van der Waals surface area (Å²) in [7, 11) is 0. The number of allylic oxidation sites excluding steroid dienone is 2. The van der Waals surface area contributed by atoms with E-state index in [0.717, 1.165) is 50.5 Å². The number of fused-ring (bicyclic) bond motifs is 4. The lowest BCUT2D eigenvalue weighted by Crippen LogP contribution is -2.10. The summed E-state index contributed by atoms with van der Waals surface area (Å²) in [5.74, 6) is 0. The lowest BCUT2D eigenvalue weighted by Gasteiger charge is -2.19. The molecule has 0 amide bonds. The second kappa shape index (κ2) is 10.8. The van der Waals surface area contributed by atoms with Crippen LogP contribution in [0.4, 0.5) is 0 Å². The van der Waals surface area contributed by atoms with Gasteiger partial charge >= 0.3 is 0 Å². The normalized spacial score (nSPS) is 12.6. The molecule has 6 rings (SSSR count). The van der Waals surface area contributed by atoms with Crippen LogP contribution in [0.15, 0.2) is 90.5 Å². The van der Waals surface area contributed by atoms with Gasteiger partial charge in [-0.1, -0.05) is 65.3 Å². The standard InChI is InChI=1S/C41H40N4/c1-26(40(3,4)5)12-16-33-27(2)44(37-17-13-28(24-42)20-34(33)37)31-10-9-11-32(23-31)45-38-18-14-29(25-43)21-35(38)36-22-30(41(6,7)8)15-19-39(36)45/h9-15,17-23H,16H2,1-8H3/b26-12+. The van der Waals surface area contributed by atoms with Crippen molar-refractivity contribution in [3.63, 3.8) is 0 Å². The average molecular weight is 589 g/mol. The van der Waals surface area contributed by atoms with Gasteiger partial charge in [0.05, 0.1) is 39.8 Å². The van der Waals surface area contributed by atoms with Crippen molar-refractivity contribution in [3.05, 3.63) is 118 Å². The molecule has 0 N–H and O–H groups in total. The maximum Gasteiger partial charge on any atom is 0.0991 e. The maximum atomic E-state index is 9.73. The molecule has 0 bridgehead atoms. The van der Waals surface area contributed by atoms with Gasteiger partial charge in [0.25, 0.3) is 0 Å². The topological polar surface area (TPSA) is 57.4 Å².